The number of thiol groups is 1. The van der Waals surface area contributed by atoms with Crippen molar-refractivity contribution in [3.63, 3.8) is 0 Å². The van der Waals surface area contributed by atoms with Gasteiger partial charge in [0.2, 0.25) is 10.9 Å². The standard InChI is InChI=1S/C8H7N3O2S/c12-14(13)11-7-3-5-9-6-2-1-4-10-8(6)7/h1-5,14H,(H,9,11,12,13). The Labute approximate surface area is 81.9 Å². The van der Waals surface area contributed by atoms with Crippen molar-refractivity contribution >= 4 is 27.6 Å². The van der Waals surface area contributed by atoms with Crippen LogP contribution >= 0.6 is 0 Å². The number of nitrogens with one attached hydrogen (secondary N) is 1. The molecular formula is C8H7N3O2S. The zero-order valence-corrected chi connectivity index (χ0v) is 7.94. The molecule has 1 N–H and O–H groups in total. The summed E-state index contributed by atoms with van der Waals surface area (Å²) in [6, 6.07) is 5.09. The average Bonchev–Trinajstić information content (AvgIpc) is 2.18. The van der Waals surface area contributed by atoms with Crippen molar-refractivity contribution < 1.29 is 8.42 Å². The number of anilines is 1. The molecule has 14 heavy (non-hydrogen) atoms. The molecule has 0 aliphatic heterocycles. The molecule has 0 aromatic carbocycles. The number of rotatable bonds is 2. The van der Waals surface area contributed by atoms with Crippen LogP contribution in [0.3, 0.4) is 0 Å². The number of pyridine rings is 2. The van der Waals surface area contributed by atoms with E-state index >= 15 is 0 Å². The maximum atomic E-state index is 10.5. The molecular weight excluding hydrogens is 202 g/mol. The summed E-state index contributed by atoms with van der Waals surface area (Å²) in [5.74, 6) is 0. The van der Waals surface area contributed by atoms with Gasteiger partial charge in [-0.05, 0) is 18.2 Å². The molecule has 72 valence electrons. The number of hydrogen-bond acceptors (Lipinski definition) is 4. The largest absolute Gasteiger partial charge is 0.283 e. The van der Waals surface area contributed by atoms with Crippen LogP contribution in [0.4, 0.5) is 5.69 Å². The lowest BCUT2D eigenvalue weighted by Gasteiger charge is -2.01. The van der Waals surface area contributed by atoms with Crippen LogP contribution in [0.1, 0.15) is 0 Å². The number of fused-ring (bicyclic) bond motifs is 1. The normalized spacial score (nSPS) is 10.6. The lowest BCUT2D eigenvalue weighted by Crippen LogP contribution is -1.97. The van der Waals surface area contributed by atoms with Crippen LogP contribution in [0.5, 0.6) is 0 Å². The molecule has 2 aromatic rings. The highest BCUT2D eigenvalue weighted by Gasteiger charge is 2.01. The molecule has 2 rings (SSSR count). The Morgan fingerprint density at radius 1 is 1.14 bits per heavy atom. The first-order valence-corrected chi connectivity index (χ1v) is 5.06. The quantitative estimate of drug-likeness (QED) is 0.709. The summed E-state index contributed by atoms with van der Waals surface area (Å²) in [5, 5.41) is 0. The van der Waals surface area contributed by atoms with Crippen LogP contribution in [0.15, 0.2) is 30.6 Å². The van der Waals surface area contributed by atoms with E-state index < -0.39 is 10.9 Å². The molecule has 2 aromatic heterocycles. The summed E-state index contributed by atoms with van der Waals surface area (Å²) in [5.41, 5.74) is 1.66. The smallest absolute Gasteiger partial charge is 0.222 e. The van der Waals surface area contributed by atoms with Gasteiger partial charge in [0.15, 0.2) is 0 Å². The summed E-state index contributed by atoms with van der Waals surface area (Å²) in [6.45, 7) is 0. The Morgan fingerprint density at radius 2 is 2.00 bits per heavy atom. The lowest BCUT2D eigenvalue weighted by molar-refractivity contribution is 0.619. The summed E-state index contributed by atoms with van der Waals surface area (Å²) < 4.78 is 23.3. The van der Waals surface area contributed by atoms with Crippen molar-refractivity contribution in [1.82, 2.24) is 9.97 Å². The minimum atomic E-state index is -2.67. The molecule has 0 unspecified atom stereocenters. The Bertz CT molecular complexity index is 526. The SMILES string of the molecule is O=[SH](=O)Nc1ccnc2cccnc12. The van der Waals surface area contributed by atoms with Crippen molar-refractivity contribution in [3.8, 4) is 0 Å². The van der Waals surface area contributed by atoms with Crippen LogP contribution < -0.4 is 4.72 Å². The highest BCUT2D eigenvalue weighted by atomic mass is 32.2. The van der Waals surface area contributed by atoms with Gasteiger partial charge in [-0.25, -0.2) is 8.42 Å². The molecule has 0 amide bonds. The fourth-order valence-corrected chi connectivity index (χ4v) is 1.55. The average molecular weight is 209 g/mol. The Hall–Kier alpha value is -1.69. The fourth-order valence-electron chi connectivity index (χ4n) is 1.17. The molecule has 5 nitrogen and oxygen atoms in total. The predicted octanol–water partition coefficient (Wildman–Crippen LogP) is 0.568. The van der Waals surface area contributed by atoms with Gasteiger partial charge < -0.3 is 0 Å². The molecule has 0 spiro atoms. The molecule has 0 aliphatic rings. The lowest BCUT2D eigenvalue weighted by atomic mass is 10.3. The van der Waals surface area contributed by atoms with Crippen LogP contribution in [-0.2, 0) is 10.9 Å². The summed E-state index contributed by atoms with van der Waals surface area (Å²) in [7, 11) is -2.67. The van der Waals surface area contributed by atoms with Crippen molar-refractivity contribution in [3.05, 3.63) is 30.6 Å². The molecule has 0 saturated carbocycles. The predicted molar refractivity (Wildman–Crippen MR) is 53.5 cm³/mol. The highest BCUT2D eigenvalue weighted by Crippen LogP contribution is 2.17. The fraction of sp³-hybridized carbons (Fsp3) is 0. The first-order chi connectivity index (χ1) is 6.77. The zero-order valence-electron chi connectivity index (χ0n) is 7.04. The molecule has 6 heteroatoms. The van der Waals surface area contributed by atoms with Gasteiger partial charge in [-0.2, -0.15) is 0 Å². The van der Waals surface area contributed by atoms with Crippen molar-refractivity contribution in [2.45, 2.75) is 0 Å². The van der Waals surface area contributed by atoms with E-state index in [1.54, 1.807) is 24.4 Å². The second-order valence-corrected chi connectivity index (χ2v) is 3.34. The highest BCUT2D eigenvalue weighted by molar-refractivity contribution is 7.73. The van der Waals surface area contributed by atoms with E-state index in [1.807, 2.05) is 0 Å². The monoisotopic (exact) mass is 209 g/mol. The minimum Gasteiger partial charge on any atom is -0.283 e. The Balaban J connectivity index is 2.64. The van der Waals surface area contributed by atoms with Crippen molar-refractivity contribution in [2.75, 3.05) is 4.72 Å². The van der Waals surface area contributed by atoms with Crippen LogP contribution in [0.2, 0.25) is 0 Å². The second-order valence-electron chi connectivity index (χ2n) is 2.60. The van der Waals surface area contributed by atoms with Crippen molar-refractivity contribution in [2.24, 2.45) is 0 Å². The third-order valence-electron chi connectivity index (χ3n) is 1.71. The van der Waals surface area contributed by atoms with Crippen LogP contribution in [0.25, 0.3) is 11.0 Å². The van der Waals surface area contributed by atoms with Gasteiger partial charge in [-0.3, -0.25) is 14.7 Å². The van der Waals surface area contributed by atoms with E-state index in [-0.39, 0.29) is 0 Å². The third-order valence-corrected chi connectivity index (χ3v) is 2.13. The van der Waals surface area contributed by atoms with Gasteiger partial charge >= 0.3 is 0 Å². The van der Waals surface area contributed by atoms with Crippen LogP contribution in [0, 0.1) is 0 Å². The molecule has 0 radical (unpaired) electrons. The van der Waals surface area contributed by atoms with E-state index in [9.17, 15) is 8.42 Å². The molecule has 0 saturated heterocycles. The molecule has 2 heterocycles. The second kappa shape index (κ2) is 3.59. The maximum Gasteiger partial charge on any atom is 0.222 e. The maximum absolute atomic E-state index is 10.5. The Kier molecular flexibility index (Phi) is 2.28. The van der Waals surface area contributed by atoms with Gasteiger partial charge in [-0.1, -0.05) is 0 Å². The minimum absolute atomic E-state index is 0.451. The van der Waals surface area contributed by atoms with E-state index in [2.05, 4.69) is 14.7 Å². The van der Waals surface area contributed by atoms with E-state index in [4.69, 9.17) is 0 Å². The topological polar surface area (TPSA) is 72.0 Å². The van der Waals surface area contributed by atoms with Gasteiger partial charge in [0.05, 0.1) is 11.2 Å². The molecule has 0 fully saturated rings. The summed E-state index contributed by atoms with van der Waals surface area (Å²) in [4.78, 5) is 8.09. The molecule has 0 atom stereocenters. The van der Waals surface area contributed by atoms with E-state index in [1.165, 1.54) is 6.20 Å². The number of hydrogen-bond donors (Lipinski definition) is 2. The zero-order chi connectivity index (χ0) is 9.97. The van der Waals surface area contributed by atoms with Gasteiger partial charge in [0.1, 0.15) is 5.52 Å². The third kappa shape index (κ3) is 1.64. The summed E-state index contributed by atoms with van der Waals surface area (Å²) >= 11 is 0. The van der Waals surface area contributed by atoms with E-state index in [0.29, 0.717) is 16.7 Å². The Morgan fingerprint density at radius 3 is 2.79 bits per heavy atom. The number of aromatic nitrogens is 2. The number of nitrogens with zero attached hydrogens (tertiary/aromatic N) is 2. The molecule has 0 aliphatic carbocycles. The van der Waals surface area contributed by atoms with Gasteiger partial charge in [-0.15, -0.1) is 0 Å². The first-order valence-electron chi connectivity index (χ1n) is 3.88. The summed E-state index contributed by atoms with van der Waals surface area (Å²) in [6.07, 6.45) is 3.12. The van der Waals surface area contributed by atoms with Crippen molar-refractivity contribution in [1.29, 1.82) is 0 Å². The van der Waals surface area contributed by atoms with Gasteiger partial charge in [0, 0.05) is 12.4 Å². The van der Waals surface area contributed by atoms with E-state index in [0.717, 1.165) is 0 Å². The first kappa shape index (κ1) is 8.89. The van der Waals surface area contributed by atoms with Gasteiger partial charge in [0.25, 0.3) is 0 Å². The van der Waals surface area contributed by atoms with Crippen LogP contribution in [-0.4, -0.2) is 18.4 Å². The molecule has 0 bridgehead atoms.